The number of aromatic hydroxyl groups is 3. The van der Waals surface area contributed by atoms with Gasteiger partial charge in [-0.1, -0.05) is 12.1 Å². The Kier molecular flexibility index (Phi) is 9.79. The Balaban J connectivity index is 1.48. The van der Waals surface area contributed by atoms with E-state index in [0.717, 1.165) is 6.92 Å². The van der Waals surface area contributed by atoms with Gasteiger partial charge in [0.05, 0.1) is 47.7 Å². The number of aliphatic hydroxyl groups excluding tert-OH is 2. The molecule has 47 heavy (non-hydrogen) atoms. The number of Topliss-reactive ketones (excluding diaryl/α,β-unsaturated/α-hetero) is 1. The van der Waals surface area contributed by atoms with Crippen molar-refractivity contribution in [1.29, 1.82) is 0 Å². The molecule has 2 aromatic carbocycles. The Bertz CT molecular complexity index is 1560. The zero-order valence-electron chi connectivity index (χ0n) is 26.5. The second-order valence-corrected chi connectivity index (χ2v) is 12.7. The molecule has 256 valence electrons. The predicted octanol–water partition coefficient (Wildman–Crippen LogP) is 1.24. The number of carbonyl (C=O) groups is 3. The maximum absolute atomic E-state index is 13.6. The summed E-state index contributed by atoms with van der Waals surface area (Å²) in [6.45, 7) is 5.76. The molecule has 0 aromatic heterocycles. The minimum absolute atomic E-state index is 0.0205. The Labute approximate surface area is 270 Å². The molecule has 9 atom stereocenters. The molecule has 5 rings (SSSR count). The normalized spacial score (nSPS) is 29.0. The fourth-order valence-electron chi connectivity index (χ4n) is 6.60. The van der Waals surface area contributed by atoms with Crippen LogP contribution in [0.5, 0.6) is 17.2 Å². The van der Waals surface area contributed by atoms with Crippen LogP contribution < -0.4 is 5.73 Å². The van der Waals surface area contributed by atoms with E-state index in [1.54, 1.807) is 20.8 Å². The van der Waals surface area contributed by atoms with E-state index in [0.29, 0.717) is 0 Å². The molecule has 0 saturated carbocycles. The summed E-state index contributed by atoms with van der Waals surface area (Å²) in [6.07, 6.45) is -6.88. The molecule has 3 aliphatic rings. The van der Waals surface area contributed by atoms with Crippen molar-refractivity contribution in [2.24, 2.45) is 5.73 Å². The molecule has 14 nitrogen and oxygen atoms in total. The van der Waals surface area contributed by atoms with Crippen molar-refractivity contribution in [2.45, 2.75) is 108 Å². The van der Waals surface area contributed by atoms with Crippen molar-refractivity contribution in [3.63, 3.8) is 0 Å². The minimum atomic E-state index is -2.07. The molecule has 0 spiro atoms. The number of hydrogen-bond acceptors (Lipinski definition) is 14. The minimum Gasteiger partial charge on any atom is -0.507 e. The van der Waals surface area contributed by atoms with E-state index in [1.807, 2.05) is 0 Å². The summed E-state index contributed by atoms with van der Waals surface area (Å²) in [4.78, 5) is 39.8. The lowest BCUT2D eigenvalue weighted by molar-refractivity contribution is -0.285. The number of aliphatic hydroxyl groups is 3. The third-order valence-electron chi connectivity index (χ3n) is 9.04. The third-order valence-corrected chi connectivity index (χ3v) is 9.04. The molecule has 4 unspecified atom stereocenters. The summed E-state index contributed by atoms with van der Waals surface area (Å²) in [5.74, 6) is -4.26. The van der Waals surface area contributed by atoms with Crippen LogP contribution in [0.3, 0.4) is 0 Å². The topological polar surface area (TPSA) is 236 Å². The molecule has 0 amide bonds. The fraction of sp³-hybridized carbons (Fsp3) is 0.545. The van der Waals surface area contributed by atoms with E-state index in [9.17, 15) is 45.0 Å². The van der Waals surface area contributed by atoms with Gasteiger partial charge in [0.15, 0.2) is 24.1 Å². The molecule has 2 aliphatic carbocycles. The highest BCUT2D eigenvalue weighted by atomic mass is 16.7. The molecular formula is C33H41NO13. The van der Waals surface area contributed by atoms with E-state index in [-0.39, 0.29) is 41.7 Å². The van der Waals surface area contributed by atoms with Gasteiger partial charge >= 0.3 is 0 Å². The first-order chi connectivity index (χ1) is 22.1. The van der Waals surface area contributed by atoms with Gasteiger partial charge in [0.1, 0.15) is 29.0 Å². The standard InChI is InChI=1S/C33H41NO13/c1-13(36)8-22(44-14(2)12-35)47-32-15(3)45-23(9-19(32)34)46-21-11-33(43,16(4)37)10-18-25(21)31(42)27-26(29(18)40)28(39)17-6-5-7-20(38)24(17)30(27)41/h5-7,13-15,19,21-23,32,35-36,38,40,42-43H,8-12,34H2,1-4H3/t13-,14?,15-,19-,21?,22?,23?,32+,33-/m0/s1. The second-order valence-electron chi connectivity index (χ2n) is 12.7. The largest absolute Gasteiger partial charge is 0.507 e. The van der Waals surface area contributed by atoms with Crippen molar-refractivity contribution in [2.75, 3.05) is 6.61 Å². The number of carbonyl (C=O) groups excluding carboxylic acids is 3. The number of nitrogens with two attached hydrogens (primary N) is 1. The van der Waals surface area contributed by atoms with Gasteiger partial charge in [0.25, 0.3) is 0 Å². The lowest BCUT2D eigenvalue weighted by Crippen LogP contribution is -2.55. The molecule has 2 aromatic rings. The van der Waals surface area contributed by atoms with Gasteiger partial charge in [-0.15, -0.1) is 0 Å². The van der Waals surface area contributed by atoms with Crippen LogP contribution in [-0.4, -0.2) is 103 Å². The highest BCUT2D eigenvalue weighted by Gasteiger charge is 2.49. The highest BCUT2D eigenvalue weighted by Crippen LogP contribution is 2.52. The first-order valence-corrected chi connectivity index (χ1v) is 15.5. The maximum atomic E-state index is 13.6. The number of rotatable bonds is 10. The number of hydrogen-bond donors (Lipinski definition) is 7. The lowest BCUT2D eigenvalue weighted by Gasteiger charge is -2.43. The zero-order valence-corrected chi connectivity index (χ0v) is 26.5. The molecule has 0 radical (unpaired) electrons. The quantitative estimate of drug-likeness (QED) is 0.120. The van der Waals surface area contributed by atoms with Crippen LogP contribution in [0.1, 0.15) is 96.0 Å². The molecule has 1 fully saturated rings. The van der Waals surface area contributed by atoms with Crippen LogP contribution in [0.15, 0.2) is 18.2 Å². The number of benzene rings is 2. The molecule has 1 heterocycles. The van der Waals surface area contributed by atoms with Crippen LogP contribution in [0.25, 0.3) is 0 Å². The van der Waals surface area contributed by atoms with Crippen molar-refractivity contribution >= 4 is 17.3 Å². The average molecular weight is 660 g/mol. The monoisotopic (exact) mass is 659 g/mol. The van der Waals surface area contributed by atoms with Crippen LogP contribution in [-0.2, 0) is 30.2 Å². The summed E-state index contributed by atoms with van der Waals surface area (Å²) < 4.78 is 24.1. The van der Waals surface area contributed by atoms with Crippen molar-refractivity contribution in [1.82, 2.24) is 0 Å². The Morgan fingerprint density at radius 3 is 2.40 bits per heavy atom. The summed E-state index contributed by atoms with van der Waals surface area (Å²) in [5.41, 5.74) is 2.60. The van der Waals surface area contributed by atoms with Gasteiger partial charge in [-0.05, 0) is 33.8 Å². The first-order valence-electron chi connectivity index (χ1n) is 15.5. The summed E-state index contributed by atoms with van der Waals surface area (Å²) in [6, 6.07) is 3.17. The van der Waals surface area contributed by atoms with Gasteiger partial charge in [-0.3, -0.25) is 14.4 Å². The van der Waals surface area contributed by atoms with Crippen LogP contribution in [0.2, 0.25) is 0 Å². The molecule has 1 saturated heterocycles. The second kappa shape index (κ2) is 13.2. The maximum Gasteiger partial charge on any atom is 0.202 e. The Hall–Kier alpha value is -3.47. The van der Waals surface area contributed by atoms with Crippen molar-refractivity contribution in [3.05, 3.63) is 51.6 Å². The summed E-state index contributed by atoms with van der Waals surface area (Å²) in [5, 5.41) is 64.2. The van der Waals surface area contributed by atoms with Crippen LogP contribution >= 0.6 is 0 Å². The number of fused-ring (bicyclic) bond motifs is 3. The average Bonchev–Trinajstić information content (AvgIpc) is 2.98. The highest BCUT2D eigenvalue weighted by molar-refractivity contribution is 6.31. The fourth-order valence-corrected chi connectivity index (χ4v) is 6.60. The van der Waals surface area contributed by atoms with E-state index < -0.39 is 113 Å². The van der Waals surface area contributed by atoms with Crippen molar-refractivity contribution in [3.8, 4) is 17.2 Å². The number of ketones is 3. The Morgan fingerprint density at radius 1 is 1.11 bits per heavy atom. The van der Waals surface area contributed by atoms with Gasteiger partial charge in [-0.25, -0.2) is 0 Å². The van der Waals surface area contributed by atoms with E-state index >= 15 is 0 Å². The number of ether oxygens (including phenoxy) is 4. The molecular weight excluding hydrogens is 618 g/mol. The van der Waals surface area contributed by atoms with Gasteiger partial charge in [0.2, 0.25) is 5.78 Å². The lowest BCUT2D eigenvalue weighted by atomic mass is 9.72. The molecule has 1 aliphatic heterocycles. The SMILES string of the molecule is CC(=O)[C@]1(O)Cc2c(O)c3c(c(O)c2C(OC2C[C@H](N)[C@H](OC(C[C@H](C)O)OC(C)CO)[C@H](C)O2)C1)C(=O)c1c(O)cccc1C3=O. The predicted molar refractivity (Wildman–Crippen MR) is 162 cm³/mol. The van der Waals surface area contributed by atoms with Crippen molar-refractivity contribution < 1.29 is 64.0 Å². The van der Waals surface area contributed by atoms with E-state index in [4.69, 9.17) is 24.7 Å². The summed E-state index contributed by atoms with van der Waals surface area (Å²) in [7, 11) is 0. The van der Waals surface area contributed by atoms with Gasteiger partial charge < -0.3 is 55.3 Å². The van der Waals surface area contributed by atoms with Gasteiger partial charge in [-0.2, -0.15) is 0 Å². The molecule has 14 heteroatoms. The van der Waals surface area contributed by atoms with Crippen LogP contribution in [0.4, 0.5) is 0 Å². The zero-order chi connectivity index (χ0) is 34.5. The van der Waals surface area contributed by atoms with E-state index in [2.05, 4.69) is 0 Å². The van der Waals surface area contributed by atoms with Gasteiger partial charge in [0, 0.05) is 48.4 Å². The Morgan fingerprint density at radius 2 is 1.79 bits per heavy atom. The molecule has 0 bridgehead atoms. The first kappa shape index (κ1) is 34.9. The summed E-state index contributed by atoms with van der Waals surface area (Å²) >= 11 is 0. The van der Waals surface area contributed by atoms with E-state index in [1.165, 1.54) is 18.2 Å². The number of phenolic OH excluding ortho intramolecular Hbond substituents is 3. The molecule has 8 N–H and O–H groups in total. The third kappa shape index (κ3) is 6.39. The number of phenols is 3. The smallest absolute Gasteiger partial charge is 0.202 e. The van der Waals surface area contributed by atoms with Crippen LogP contribution in [0, 0.1) is 0 Å².